The van der Waals surface area contributed by atoms with E-state index in [4.69, 9.17) is 0 Å². The molecule has 1 aliphatic rings. The van der Waals surface area contributed by atoms with Gasteiger partial charge in [-0.1, -0.05) is 0 Å². The number of aryl methyl sites for hydroxylation is 2. The van der Waals surface area contributed by atoms with E-state index in [1.165, 1.54) is 12.0 Å². The van der Waals surface area contributed by atoms with Crippen molar-refractivity contribution < 1.29 is 0 Å². The van der Waals surface area contributed by atoms with Crippen LogP contribution < -0.4 is 5.56 Å². The predicted molar refractivity (Wildman–Crippen MR) is 58.0 cm³/mol. The highest BCUT2D eigenvalue weighted by Gasteiger charge is 2.18. The number of fused-ring (bicyclic) bond motifs is 3. The van der Waals surface area contributed by atoms with Crippen LogP contribution in [0.2, 0.25) is 0 Å². The Hall–Kier alpha value is -1.58. The third kappa shape index (κ3) is 1.07. The number of nitrogens with one attached hydrogen (secondary N) is 1. The molecule has 0 unspecified atom stereocenters. The Kier molecular flexibility index (Phi) is 1.71. The molecule has 0 amide bonds. The summed E-state index contributed by atoms with van der Waals surface area (Å²) in [7, 11) is 1.80. The van der Waals surface area contributed by atoms with Crippen molar-refractivity contribution in [3.63, 3.8) is 0 Å². The summed E-state index contributed by atoms with van der Waals surface area (Å²) in [4.78, 5) is 12.0. The summed E-state index contributed by atoms with van der Waals surface area (Å²) in [5.41, 5.74) is 3.20. The van der Waals surface area contributed by atoms with E-state index in [1.54, 1.807) is 11.6 Å². The number of hydrogen-bond donors (Lipinski definition) is 1. The quantitative estimate of drug-likeness (QED) is 0.698. The molecule has 4 nitrogen and oxygen atoms in total. The van der Waals surface area contributed by atoms with Gasteiger partial charge in [0.25, 0.3) is 5.56 Å². The Morgan fingerprint density at radius 1 is 1.33 bits per heavy atom. The van der Waals surface area contributed by atoms with Crippen LogP contribution in [0.5, 0.6) is 0 Å². The number of pyridine rings is 1. The highest BCUT2D eigenvalue weighted by Crippen LogP contribution is 2.24. The maximum Gasteiger partial charge on any atom is 0.255 e. The van der Waals surface area contributed by atoms with Crippen LogP contribution in [-0.2, 0) is 19.9 Å². The van der Waals surface area contributed by atoms with E-state index >= 15 is 0 Å². The van der Waals surface area contributed by atoms with Gasteiger partial charge in [0.1, 0.15) is 5.65 Å². The first kappa shape index (κ1) is 8.71. The molecule has 2 aromatic heterocycles. The average molecular weight is 203 g/mol. The monoisotopic (exact) mass is 203 g/mol. The molecule has 0 saturated heterocycles. The van der Waals surface area contributed by atoms with E-state index in [9.17, 15) is 4.79 Å². The van der Waals surface area contributed by atoms with Crippen LogP contribution in [-0.4, -0.2) is 14.8 Å². The van der Waals surface area contributed by atoms with Crippen molar-refractivity contribution in [2.75, 3.05) is 0 Å². The second-order valence-corrected chi connectivity index (χ2v) is 4.16. The summed E-state index contributed by atoms with van der Waals surface area (Å²) >= 11 is 0. The molecule has 0 radical (unpaired) electrons. The minimum absolute atomic E-state index is 0.140. The van der Waals surface area contributed by atoms with E-state index < -0.39 is 0 Å². The summed E-state index contributed by atoms with van der Waals surface area (Å²) in [5, 5.41) is 8.04. The van der Waals surface area contributed by atoms with Crippen LogP contribution in [0.3, 0.4) is 0 Å². The van der Waals surface area contributed by atoms with Gasteiger partial charge in [-0.2, -0.15) is 5.10 Å². The Morgan fingerprint density at radius 2 is 2.07 bits per heavy atom. The SMILES string of the molecule is Cn1c(=O)c2c(c3cn[nH]c31)CCCC2. The zero-order valence-corrected chi connectivity index (χ0v) is 8.71. The molecule has 78 valence electrons. The van der Waals surface area contributed by atoms with Gasteiger partial charge in [0.15, 0.2) is 0 Å². The molecule has 0 aliphatic heterocycles. The van der Waals surface area contributed by atoms with Gasteiger partial charge in [-0.05, 0) is 31.2 Å². The number of H-pyrrole nitrogens is 1. The normalized spacial score (nSPS) is 15.5. The Morgan fingerprint density at radius 3 is 2.87 bits per heavy atom. The van der Waals surface area contributed by atoms with Crippen molar-refractivity contribution in [1.29, 1.82) is 0 Å². The molecule has 15 heavy (non-hydrogen) atoms. The lowest BCUT2D eigenvalue weighted by atomic mass is 9.91. The highest BCUT2D eigenvalue weighted by molar-refractivity contribution is 5.79. The predicted octanol–water partition coefficient (Wildman–Crippen LogP) is 1.14. The maximum atomic E-state index is 12.0. The smallest absolute Gasteiger partial charge is 0.255 e. The number of hydrogen-bond acceptors (Lipinski definition) is 2. The van der Waals surface area contributed by atoms with Crippen LogP contribution in [0.15, 0.2) is 11.0 Å². The second kappa shape index (κ2) is 2.95. The molecular weight excluding hydrogens is 190 g/mol. The summed E-state index contributed by atoms with van der Waals surface area (Å²) in [6.07, 6.45) is 6.08. The van der Waals surface area contributed by atoms with Crippen molar-refractivity contribution in [2.24, 2.45) is 7.05 Å². The lowest BCUT2D eigenvalue weighted by Crippen LogP contribution is -2.25. The van der Waals surface area contributed by atoms with Crippen LogP contribution in [0.1, 0.15) is 24.0 Å². The summed E-state index contributed by atoms with van der Waals surface area (Å²) in [6.45, 7) is 0. The Labute approximate surface area is 86.9 Å². The molecule has 0 spiro atoms. The Balaban J connectivity index is 2.50. The molecule has 3 rings (SSSR count). The van der Waals surface area contributed by atoms with Gasteiger partial charge in [-0.15, -0.1) is 0 Å². The number of aromatic nitrogens is 3. The first-order valence-corrected chi connectivity index (χ1v) is 5.33. The maximum absolute atomic E-state index is 12.0. The van der Waals surface area contributed by atoms with E-state index in [0.29, 0.717) is 0 Å². The molecule has 4 heteroatoms. The minimum atomic E-state index is 0.140. The molecule has 0 bridgehead atoms. The lowest BCUT2D eigenvalue weighted by molar-refractivity contribution is 0.672. The third-order valence-corrected chi connectivity index (χ3v) is 3.31. The van der Waals surface area contributed by atoms with Crippen molar-refractivity contribution in [2.45, 2.75) is 25.7 Å². The molecule has 0 aromatic carbocycles. The standard InChI is InChI=1S/C11H13N3O/c1-14-10-9(6-12-13-10)7-4-2-3-5-8(7)11(14)15/h6H,2-5H2,1H3,(H,12,13). The third-order valence-electron chi connectivity index (χ3n) is 3.31. The van der Waals surface area contributed by atoms with Crippen LogP contribution in [0.4, 0.5) is 0 Å². The number of nitrogens with zero attached hydrogens (tertiary/aromatic N) is 2. The lowest BCUT2D eigenvalue weighted by Gasteiger charge is -2.16. The molecule has 2 heterocycles. The van der Waals surface area contributed by atoms with Crippen LogP contribution >= 0.6 is 0 Å². The van der Waals surface area contributed by atoms with Crippen molar-refractivity contribution in [1.82, 2.24) is 14.8 Å². The molecule has 1 aliphatic carbocycles. The fourth-order valence-electron chi connectivity index (χ4n) is 2.50. The average Bonchev–Trinajstić information content (AvgIpc) is 2.75. The zero-order valence-electron chi connectivity index (χ0n) is 8.71. The van der Waals surface area contributed by atoms with Gasteiger partial charge in [0.05, 0.1) is 6.20 Å². The van der Waals surface area contributed by atoms with E-state index in [0.717, 1.165) is 35.9 Å². The van der Waals surface area contributed by atoms with Crippen molar-refractivity contribution in [3.05, 3.63) is 27.7 Å². The van der Waals surface area contributed by atoms with Gasteiger partial charge in [0.2, 0.25) is 0 Å². The first-order chi connectivity index (χ1) is 7.29. The van der Waals surface area contributed by atoms with Crippen LogP contribution in [0, 0.1) is 0 Å². The van der Waals surface area contributed by atoms with Gasteiger partial charge >= 0.3 is 0 Å². The van der Waals surface area contributed by atoms with Gasteiger partial charge < -0.3 is 0 Å². The molecular formula is C11H13N3O. The first-order valence-electron chi connectivity index (χ1n) is 5.33. The van der Waals surface area contributed by atoms with Crippen LogP contribution in [0.25, 0.3) is 11.0 Å². The van der Waals surface area contributed by atoms with E-state index in [2.05, 4.69) is 10.2 Å². The fraction of sp³-hybridized carbons (Fsp3) is 0.455. The molecule has 0 saturated carbocycles. The second-order valence-electron chi connectivity index (χ2n) is 4.16. The van der Waals surface area contributed by atoms with Crippen molar-refractivity contribution >= 4 is 11.0 Å². The minimum Gasteiger partial charge on any atom is -0.296 e. The fourth-order valence-corrected chi connectivity index (χ4v) is 2.50. The van der Waals surface area contributed by atoms with Crippen molar-refractivity contribution in [3.8, 4) is 0 Å². The Bertz CT molecular complexity index is 579. The molecule has 2 aromatic rings. The van der Waals surface area contributed by atoms with E-state index in [-0.39, 0.29) is 5.56 Å². The summed E-state index contributed by atoms with van der Waals surface area (Å²) < 4.78 is 1.67. The van der Waals surface area contributed by atoms with Gasteiger partial charge in [-0.3, -0.25) is 14.5 Å². The van der Waals surface area contributed by atoms with E-state index in [1.807, 2.05) is 6.20 Å². The highest BCUT2D eigenvalue weighted by atomic mass is 16.1. The summed E-state index contributed by atoms with van der Waals surface area (Å²) in [6, 6.07) is 0. The van der Waals surface area contributed by atoms with Gasteiger partial charge in [0, 0.05) is 18.0 Å². The topological polar surface area (TPSA) is 50.7 Å². The largest absolute Gasteiger partial charge is 0.296 e. The molecule has 0 atom stereocenters. The van der Waals surface area contributed by atoms with Gasteiger partial charge in [-0.25, -0.2) is 0 Å². The molecule has 1 N–H and O–H groups in total. The number of rotatable bonds is 0. The zero-order chi connectivity index (χ0) is 10.4. The summed E-state index contributed by atoms with van der Waals surface area (Å²) in [5.74, 6) is 0. The molecule has 0 fully saturated rings. The number of aromatic amines is 1.